The number of H-pyrrole nitrogens is 1. The van der Waals surface area contributed by atoms with Gasteiger partial charge in [0.2, 0.25) is 5.69 Å². The monoisotopic (exact) mass is 416 g/mol. The molecule has 2 unspecified atom stereocenters. The average molecular weight is 417 g/mol. The van der Waals surface area contributed by atoms with E-state index in [1.54, 1.807) is 12.4 Å². The minimum Gasteiger partial charge on any atom is -0.364 e. The van der Waals surface area contributed by atoms with Gasteiger partial charge in [0.1, 0.15) is 12.0 Å². The van der Waals surface area contributed by atoms with Gasteiger partial charge in [-0.05, 0) is 62.2 Å². The first-order valence-electron chi connectivity index (χ1n) is 11.3. The summed E-state index contributed by atoms with van der Waals surface area (Å²) in [6.45, 7) is 10.1. The Bertz CT molecular complexity index is 1200. The molecule has 0 spiro atoms. The second-order valence-electron chi connectivity index (χ2n) is 9.46. The molecule has 3 aromatic heterocycles. The van der Waals surface area contributed by atoms with Gasteiger partial charge < -0.3 is 10.3 Å². The number of pyridine rings is 1. The van der Waals surface area contributed by atoms with Gasteiger partial charge in [-0.1, -0.05) is 6.92 Å². The third-order valence-electron chi connectivity index (χ3n) is 7.79. The molecule has 4 aliphatic rings. The van der Waals surface area contributed by atoms with Gasteiger partial charge in [-0.2, -0.15) is 0 Å². The van der Waals surface area contributed by atoms with Crippen LogP contribution in [0.1, 0.15) is 56.9 Å². The molecule has 0 aliphatic heterocycles. The molecule has 31 heavy (non-hydrogen) atoms. The topological polar surface area (TPSA) is 70.8 Å². The van der Waals surface area contributed by atoms with E-state index in [2.05, 4.69) is 32.0 Å². The summed E-state index contributed by atoms with van der Waals surface area (Å²) in [5.41, 5.74) is 2.82. The number of hydrogen-bond donors (Lipinski definition) is 2. The lowest BCUT2D eigenvalue weighted by molar-refractivity contribution is 0.0926. The maximum atomic E-state index is 15.8. The first-order chi connectivity index (χ1) is 15.2. The van der Waals surface area contributed by atoms with Crippen LogP contribution in [0.3, 0.4) is 0 Å². The summed E-state index contributed by atoms with van der Waals surface area (Å²) >= 11 is 0. The lowest BCUT2D eigenvalue weighted by atomic mass is 9.62. The lowest BCUT2D eigenvalue weighted by Crippen LogP contribution is -2.47. The van der Waals surface area contributed by atoms with Crippen LogP contribution in [0.25, 0.3) is 27.1 Å². The normalized spacial score (nSPS) is 27.4. The molecule has 0 radical (unpaired) electrons. The zero-order chi connectivity index (χ0) is 21.1. The summed E-state index contributed by atoms with van der Waals surface area (Å²) in [4.78, 5) is 20.0. The van der Waals surface area contributed by atoms with Crippen LogP contribution < -0.4 is 5.32 Å². The maximum absolute atomic E-state index is 15.8. The third-order valence-corrected chi connectivity index (χ3v) is 7.79. The minimum absolute atomic E-state index is 0.105. The first kappa shape index (κ1) is 18.7. The van der Waals surface area contributed by atoms with Gasteiger partial charge in [0, 0.05) is 34.9 Å². The molecule has 2 atom stereocenters. The smallest absolute Gasteiger partial charge is 0.219 e. The van der Waals surface area contributed by atoms with Gasteiger partial charge >= 0.3 is 0 Å². The molecule has 7 rings (SSSR count). The van der Waals surface area contributed by atoms with E-state index in [-0.39, 0.29) is 17.8 Å². The van der Waals surface area contributed by atoms with Crippen molar-refractivity contribution >= 4 is 22.5 Å². The Kier molecular flexibility index (Phi) is 4.24. The standard InChI is InChI=1S/C24H25FN6/c1-12-13-3-7-15(8-4-13)20(12)30-24-19(25)18(14-5-6-14)22(26-2)21(31-24)16-10-28-23-17(16)9-27-11-29-23/h9-15,20H,3-8H2,1H3,(H,30,31)(H,27,28,29). The molecule has 2 N–H and O–H groups in total. The number of halogens is 1. The molecular weight excluding hydrogens is 391 g/mol. The summed E-state index contributed by atoms with van der Waals surface area (Å²) in [7, 11) is 0. The number of aromatic amines is 1. The molecule has 3 heterocycles. The fraction of sp³-hybridized carbons (Fsp3) is 0.500. The van der Waals surface area contributed by atoms with Crippen molar-refractivity contribution in [2.75, 3.05) is 5.32 Å². The molecule has 2 bridgehead atoms. The van der Waals surface area contributed by atoms with Crippen molar-refractivity contribution in [2.24, 2.45) is 17.8 Å². The molecule has 3 aromatic rings. The summed E-state index contributed by atoms with van der Waals surface area (Å²) in [6, 6.07) is 0.236. The molecule has 6 nitrogen and oxygen atoms in total. The number of nitrogens with one attached hydrogen (secondary N) is 2. The van der Waals surface area contributed by atoms with Crippen LogP contribution in [0.15, 0.2) is 18.7 Å². The zero-order valence-corrected chi connectivity index (χ0v) is 17.5. The number of anilines is 1. The van der Waals surface area contributed by atoms with Crippen molar-refractivity contribution in [2.45, 2.75) is 57.4 Å². The molecule has 0 amide bonds. The number of rotatable bonds is 4. The largest absolute Gasteiger partial charge is 0.364 e. The third kappa shape index (κ3) is 2.92. The summed E-state index contributed by atoms with van der Waals surface area (Å²) in [5, 5.41) is 4.32. The summed E-state index contributed by atoms with van der Waals surface area (Å²) < 4.78 is 15.8. The Balaban J connectivity index is 1.50. The summed E-state index contributed by atoms with van der Waals surface area (Å²) in [5.74, 6) is 1.86. The van der Waals surface area contributed by atoms with E-state index in [9.17, 15) is 0 Å². The van der Waals surface area contributed by atoms with Gasteiger partial charge in [0.25, 0.3) is 0 Å². The highest BCUT2D eigenvalue weighted by molar-refractivity contribution is 5.96. The first-order valence-corrected chi connectivity index (χ1v) is 11.3. The van der Waals surface area contributed by atoms with Crippen molar-refractivity contribution in [1.29, 1.82) is 0 Å². The second kappa shape index (κ2) is 7.01. The molecule has 7 heteroatoms. The molecule has 4 saturated carbocycles. The predicted molar refractivity (Wildman–Crippen MR) is 117 cm³/mol. The van der Waals surface area contributed by atoms with Crippen LogP contribution in [-0.2, 0) is 0 Å². The van der Waals surface area contributed by atoms with Crippen LogP contribution in [0.4, 0.5) is 15.9 Å². The highest BCUT2D eigenvalue weighted by atomic mass is 19.1. The van der Waals surface area contributed by atoms with E-state index in [0.29, 0.717) is 46.2 Å². The highest BCUT2D eigenvalue weighted by Crippen LogP contribution is 2.51. The minimum atomic E-state index is -0.331. The molecular formula is C24H25FN6. The van der Waals surface area contributed by atoms with Gasteiger partial charge in [0.15, 0.2) is 11.6 Å². The molecule has 4 fully saturated rings. The van der Waals surface area contributed by atoms with Crippen molar-refractivity contribution in [3.05, 3.63) is 41.5 Å². The maximum Gasteiger partial charge on any atom is 0.219 e. The van der Waals surface area contributed by atoms with Gasteiger partial charge in [0.05, 0.1) is 12.3 Å². The van der Waals surface area contributed by atoms with Gasteiger partial charge in [-0.25, -0.2) is 24.2 Å². The Morgan fingerprint density at radius 2 is 1.94 bits per heavy atom. The van der Waals surface area contributed by atoms with Crippen LogP contribution in [0.5, 0.6) is 0 Å². The van der Waals surface area contributed by atoms with E-state index in [1.807, 2.05) is 0 Å². The van der Waals surface area contributed by atoms with E-state index in [0.717, 1.165) is 23.8 Å². The van der Waals surface area contributed by atoms with Gasteiger partial charge in [-0.3, -0.25) is 0 Å². The van der Waals surface area contributed by atoms with Crippen LogP contribution >= 0.6 is 0 Å². The van der Waals surface area contributed by atoms with Gasteiger partial charge in [-0.15, -0.1) is 0 Å². The fourth-order valence-electron chi connectivity index (χ4n) is 5.93. The van der Waals surface area contributed by atoms with Crippen LogP contribution in [-0.4, -0.2) is 26.0 Å². The summed E-state index contributed by atoms with van der Waals surface area (Å²) in [6.07, 6.45) is 11.8. The molecule has 0 aromatic carbocycles. The Hall–Kier alpha value is -3.01. The molecule has 158 valence electrons. The molecule has 0 saturated heterocycles. The Morgan fingerprint density at radius 1 is 1.16 bits per heavy atom. The van der Waals surface area contributed by atoms with Crippen LogP contribution in [0.2, 0.25) is 0 Å². The van der Waals surface area contributed by atoms with Crippen LogP contribution in [0, 0.1) is 30.1 Å². The predicted octanol–water partition coefficient (Wildman–Crippen LogP) is 5.82. The SMILES string of the molecule is [C-]#[N+]c1c(-c2c[nH]c3ncncc23)nc(NC2C3CCC(CC3)C2C)c(F)c1C1CC1. The Morgan fingerprint density at radius 3 is 2.65 bits per heavy atom. The number of hydrogen-bond acceptors (Lipinski definition) is 4. The van der Waals surface area contributed by atoms with Crippen molar-refractivity contribution in [3.8, 4) is 11.3 Å². The quantitative estimate of drug-likeness (QED) is 0.526. The van der Waals surface area contributed by atoms with E-state index >= 15 is 4.39 Å². The highest BCUT2D eigenvalue weighted by Gasteiger charge is 2.42. The average Bonchev–Trinajstić information content (AvgIpc) is 3.55. The Labute approximate surface area is 180 Å². The number of aromatic nitrogens is 4. The number of fused-ring (bicyclic) bond motifs is 4. The number of nitrogens with zero attached hydrogens (tertiary/aromatic N) is 4. The molecule has 4 aliphatic carbocycles. The van der Waals surface area contributed by atoms with Crippen molar-refractivity contribution < 1.29 is 4.39 Å². The van der Waals surface area contributed by atoms with Crippen molar-refractivity contribution in [3.63, 3.8) is 0 Å². The lowest BCUT2D eigenvalue weighted by Gasteiger charge is -2.47. The van der Waals surface area contributed by atoms with E-state index in [1.165, 1.54) is 32.0 Å². The second-order valence-corrected chi connectivity index (χ2v) is 9.46. The van der Waals surface area contributed by atoms with Crippen molar-refractivity contribution in [1.82, 2.24) is 19.9 Å². The van der Waals surface area contributed by atoms with E-state index in [4.69, 9.17) is 11.6 Å². The zero-order valence-electron chi connectivity index (χ0n) is 17.5. The van der Waals surface area contributed by atoms with E-state index < -0.39 is 0 Å². The fourth-order valence-corrected chi connectivity index (χ4v) is 5.93.